The molecule has 1 aliphatic heterocycles. The summed E-state index contributed by atoms with van der Waals surface area (Å²) in [6.07, 6.45) is 2.08. The molecule has 5 heteroatoms. The van der Waals surface area contributed by atoms with Gasteiger partial charge in [-0.3, -0.25) is 19.3 Å². The fourth-order valence-corrected chi connectivity index (χ4v) is 1.29. The van der Waals surface area contributed by atoms with E-state index in [1.165, 1.54) is 0 Å². The molecule has 0 atom stereocenters. The van der Waals surface area contributed by atoms with Crippen LogP contribution in [-0.4, -0.2) is 29.2 Å². The second kappa shape index (κ2) is 4.02. The standard InChI is InChI=1S/C8H12N2O3/c9-6(11)5-10-7(12)3-1-2-4-8(10)13/h1-5H2,(H2,9,11). The van der Waals surface area contributed by atoms with Crippen LogP contribution in [0, 0.1) is 0 Å². The first-order valence-electron chi connectivity index (χ1n) is 4.23. The van der Waals surface area contributed by atoms with E-state index in [2.05, 4.69) is 0 Å². The summed E-state index contributed by atoms with van der Waals surface area (Å²) < 4.78 is 0. The van der Waals surface area contributed by atoms with Gasteiger partial charge < -0.3 is 5.73 Å². The van der Waals surface area contributed by atoms with Crippen LogP contribution in [0.5, 0.6) is 0 Å². The molecule has 1 aliphatic rings. The minimum Gasteiger partial charge on any atom is -0.368 e. The van der Waals surface area contributed by atoms with Crippen LogP contribution < -0.4 is 5.73 Å². The van der Waals surface area contributed by atoms with E-state index in [1.54, 1.807) is 0 Å². The molecule has 0 radical (unpaired) electrons. The Morgan fingerprint density at radius 1 is 1.23 bits per heavy atom. The minimum absolute atomic E-state index is 0.280. The molecule has 72 valence electrons. The maximum Gasteiger partial charge on any atom is 0.237 e. The van der Waals surface area contributed by atoms with Crippen molar-refractivity contribution in [3.05, 3.63) is 0 Å². The summed E-state index contributed by atoms with van der Waals surface area (Å²) in [7, 11) is 0. The average Bonchev–Trinajstić information content (AvgIpc) is 2.18. The highest BCUT2D eigenvalue weighted by Gasteiger charge is 2.24. The summed E-state index contributed by atoms with van der Waals surface area (Å²) in [6, 6.07) is 0. The van der Waals surface area contributed by atoms with Crippen molar-refractivity contribution in [3.8, 4) is 0 Å². The minimum atomic E-state index is -0.649. The summed E-state index contributed by atoms with van der Waals surface area (Å²) in [4.78, 5) is 34.0. The molecule has 1 rings (SSSR count). The fourth-order valence-electron chi connectivity index (χ4n) is 1.29. The molecule has 0 bridgehead atoms. The zero-order chi connectivity index (χ0) is 9.84. The Hall–Kier alpha value is -1.39. The van der Waals surface area contributed by atoms with Gasteiger partial charge in [-0.25, -0.2) is 0 Å². The van der Waals surface area contributed by atoms with Gasteiger partial charge in [0.05, 0.1) is 0 Å². The topological polar surface area (TPSA) is 80.5 Å². The number of nitrogens with zero attached hydrogens (tertiary/aromatic N) is 1. The molecule has 0 aromatic carbocycles. The SMILES string of the molecule is NC(=O)CN1C(=O)CCCCC1=O. The molecule has 13 heavy (non-hydrogen) atoms. The van der Waals surface area contributed by atoms with E-state index in [4.69, 9.17) is 5.73 Å². The van der Waals surface area contributed by atoms with Crippen molar-refractivity contribution in [2.24, 2.45) is 5.73 Å². The molecule has 0 aromatic rings. The number of imide groups is 1. The lowest BCUT2D eigenvalue weighted by molar-refractivity contribution is -0.146. The van der Waals surface area contributed by atoms with Gasteiger partial charge in [0.2, 0.25) is 17.7 Å². The van der Waals surface area contributed by atoms with Crippen molar-refractivity contribution in [1.29, 1.82) is 0 Å². The first kappa shape index (κ1) is 9.70. The fraction of sp³-hybridized carbons (Fsp3) is 0.625. The quantitative estimate of drug-likeness (QED) is 0.582. The molecule has 1 heterocycles. The van der Waals surface area contributed by atoms with Crippen molar-refractivity contribution in [1.82, 2.24) is 4.90 Å². The first-order chi connectivity index (χ1) is 6.11. The third-order valence-electron chi connectivity index (χ3n) is 1.95. The summed E-state index contributed by atoms with van der Waals surface area (Å²) in [6.45, 7) is -0.280. The highest BCUT2D eigenvalue weighted by molar-refractivity contribution is 5.99. The van der Waals surface area contributed by atoms with Gasteiger partial charge in [-0.05, 0) is 12.8 Å². The maximum atomic E-state index is 11.3. The number of amides is 3. The Balaban J connectivity index is 2.69. The van der Waals surface area contributed by atoms with Crippen molar-refractivity contribution < 1.29 is 14.4 Å². The lowest BCUT2D eigenvalue weighted by Crippen LogP contribution is -2.41. The van der Waals surface area contributed by atoms with E-state index in [-0.39, 0.29) is 18.4 Å². The number of primary amides is 1. The molecule has 2 N–H and O–H groups in total. The summed E-state index contributed by atoms with van der Waals surface area (Å²) >= 11 is 0. The number of carbonyl (C=O) groups is 3. The smallest absolute Gasteiger partial charge is 0.237 e. The van der Waals surface area contributed by atoms with Crippen LogP contribution in [0.4, 0.5) is 0 Å². The van der Waals surface area contributed by atoms with Crippen LogP contribution in [0.3, 0.4) is 0 Å². The van der Waals surface area contributed by atoms with Crippen LogP contribution in [0.25, 0.3) is 0 Å². The molecular weight excluding hydrogens is 172 g/mol. The molecule has 0 aromatic heterocycles. The molecule has 0 unspecified atom stereocenters. The number of carbonyl (C=O) groups excluding carboxylic acids is 3. The van der Waals surface area contributed by atoms with Gasteiger partial charge in [0.1, 0.15) is 6.54 Å². The van der Waals surface area contributed by atoms with Gasteiger partial charge in [0.15, 0.2) is 0 Å². The summed E-state index contributed by atoms with van der Waals surface area (Å²) in [5.74, 6) is -1.23. The van der Waals surface area contributed by atoms with Gasteiger partial charge in [0.25, 0.3) is 0 Å². The number of nitrogens with two attached hydrogens (primary N) is 1. The monoisotopic (exact) mass is 184 g/mol. The molecule has 0 aliphatic carbocycles. The van der Waals surface area contributed by atoms with Gasteiger partial charge in [-0.2, -0.15) is 0 Å². The molecular formula is C8H12N2O3. The molecule has 3 amide bonds. The maximum absolute atomic E-state index is 11.3. The van der Waals surface area contributed by atoms with Gasteiger partial charge in [-0.1, -0.05) is 0 Å². The largest absolute Gasteiger partial charge is 0.368 e. The van der Waals surface area contributed by atoms with Crippen molar-refractivity contribution in [2.45, 2.75) is 25.7 Å². The Morgan fingerprint density at radius 2 is 1.69 bits per heavy atom. The summed E-state index contributed by atoms with van der Waals surface area (Å²) in [5.41, 5.74) is 4.91. The zero-order valence-corrected chi connectivity index (χ0v) is 7.28. The second-order valence-electron chi connectivity index (χ2n) is 3.05. The lowest BCUT2D eigenvalue weighted by atomic mass is 10.2. The Bertz CT molecular complexity index is 232. The predicted molar refractivity (Wildman–Crippen MR) is 44.4 cm³/mol. The van der Waals surface area contributed by atoms with Gasteiger partial charge in [-0.15, -0.1) is 0 Å². The Kier molecular flexibility index (Phi) is 3.00. The summed E-state index contributed by atoms with van der Waals surface area (Å²) in [5, 5.41) is 0. The number of hydrogen-bond acceptors (Lipinski definition) is 3. The van der Waals surface area contributed by atoms with Crippen LogP contribution in [-0.2, 0) is 14.4 Å². The number of rotatable bonds is 2. The normalized spacial score (nSPS) is 18.6. The lowest BCUT2D eigenvalue weighted by Gasteiger charge is -2.15. The second-order valence-corrected chi connectivity index (χ2v) is 3.05. The Morgan fingerprint density at radius 3 is 2.08 bits per heavy atom. The number of hydrogen-bond donors (Lipinski definition) is 1. The molecule has 0 spiro atoms. The third-order valence-corrected chi connectivity index (χ3v) is 1.95. The van der Waals surface area contributed by atoms with E-state index < -0.39 is 5.91 Å². The Labute approximate surface area is 75.9 Å². The molecule has 5 nitrogen and oxygen atoms in total. The van der Waals surface area contributed by atoms with E-state index in [9.17, 15) is 14.4 Å². The van der Waals surface area contributed by atoms with Gasteiger partial charge >= 0.3 is 0 Å². The zero-order valence-electron chi connectivity index (χ0n) is 7.28. The van der Waals surface area contributed by atoms with Crippen LogP contribution in [0.2, 0.25) is 0 Å². The first-order valence-corrected chi connectivity index (χ1v) is 4.23. The number of likely N-dealkylation sites (tertiary alicyclic amines) is 1. The molecule has 1 saturated heterocycles. The van der Waals surface area contributed by atoms with Crippen molar-refractivity contribution in [3.63, 3.8) is 0 Å². The van der Waals surface area contributed by atoms with E-state index >= 15 is 0 Å². The molecule has 1 fully saturated rings. The van der Waals surface area contributed by atoms with Crippen LogP contribution in [0.15, 0.2) is 0 Å². The van der Waals surface area contributed by atoms with E-state index in [0.717, 1.165) is 4.90 Å². The van der Waals surface area contributed by atoms with Crippen molar-refractivity contribution in [2.75, 3.05) is 6.54 Å². The van der Waals surface area contributed by atoms with Crippen LogP contribution >= 0.6 is 0 Å². The predicted octanol–water partition coefficient (Wildman–Crippen LogP) is -0.599. The van der Waals surface area contributed by atoms with E-state index in [0.29, 0.717) is 25.7 Å². The van der Waals surface area contributed by atoms with Crippen LogP contribution in [0.1, 0.15) is 25.7 Å². The molecule has 0 saturated carbocycles. The highest BCUT2D eigenvalue weighted by atomic mass is 16.2. The van der Waals surface area contributed by atoms with E-state index in [1.807, 2.05) is 0 Å². The van der Waals surface area contributed by atoms with Crippen molar-refractivity contribution >= 4 is 17.7 Å². The average molecular weight is 184 g/mol. The van der Waals surface area contributed by atoms with Gasteiger partial charge in [0, 0.05) is 12.8 Å². The highest BCUT2D eigenvalue weighted by Crippen LogP contribution is 2.11. The third kappa shape index (κ3) is 2.54.